The van der Waals surface area contributed by atoms with Crippen LogP contribution in [0.3, 0.4) is 0 Å². The third kappa shape index (κ3) is 4.11. The molecule has 0 fully saturated rings. The van der Waals surface area contributed by atoms with Crippen LogP contribution in [0.5, 0.6) is 0 Å². The van der Waals surface area contributed by atoms with E-state index < -0.39 is 0 Å². The fraction of sp³-hybridized carbons (Fsp3) is 0.625. The number of hydrogen-bond acceptors (Lipinski definition) is 2. The summed E-state index contributed by atoms with van der Waals surface area (Å²) in [6, 6.07) is 4.88. The van der Waals surface area contributed by atoms with Crippen LogP contribution in [0.15, 0.2) is 12.1 Å². The van der Waals surface area contributed by atoms with Crippen molar-refractivity contribution >= 4 is 0 Å². The zero-order valence-corrected chi connectivity index (χ0v) is 12.6. The van der Waals surface area contributed by atoms with Crippen LogP contribution in [0.1, 0.15) is 49.1 Å². The van der Waals surface area contributed by atoms with E-state index >= 15 is 0 Å². The van der Waals surface area contributed by atoms with Crippen LogP contribution in [0.25, 0.3) is 0 Å². The van der Waals surface area contributed by atoms with Crippen molar-refractivity contribution in [1.82, 2.24) is 5.32 Å². The van der Waals surface area contributed by atoms with E-state index in [1.807, 2.05) is 6.92 Å². The van der Waals surface area contributed by atoms with E-state index in [9.17, 15) is 0 Å². The van der Waals surface area contributed by atoms with Crippen molar-refractivity contribution in [1.29, 1.82) is 0 Å². The van der Waals surface area contributed by atoms with Crippen molar-refractivity contribution in [2.45, 2.75) is 53.7 Å². The van der Waals surface area contributed by atoms with Gasteiger partial charge in [0.1, 0.15) is 0 Å². The second-order valence-corrected chi connectivity index (χ2v) is 5.21. The van der Waals surface area contributed by atoms with Gasteiger partial charge in [-0.25, -0.2) is 0 Å². The topological polar surface area (TPSA) is 21.3 Å². The number of hydrogen-bond donors (Lipinski definition) is 1. The Bertz CT molecular complexity index is 364. The van der Waals surface area contributed by atoms with Gasteiger partial charge in [-0.3, -0.25) is 0 Å². The second-order valence-electron chi connectivity index (χ2n) is 5.21. The maximum atomic E-state index is 5.55. The number of ether oxygens (including phenoxy) is 1. The Balaban J connectivity index is 2.70. The van der Waals surface area contributed by atoms with Gasteiger partial charge in [0.05, 0.1) is 6.10 Å². The van der Waals surface area contributed by atoms with Crippen molar-refractivity contribution in [3.05, 3.63) is 34.4 Å². The van der Waals surface area contributed by atoms with Gasteiger partial charge in [0.2, 0.25) is 0 Å². The molecule has 0 aromatic heterocycles. The summed E-state index contributed by atoms with van der Waals surface area (Å²) in [7, 11) is 0. The predicted octanol–water partition coefficient (Wildman–Crippen LogP) is 3.69. The molecule has 0 aliphatic rings. The quantitative estimate of drug-likeness (QED) is 0.830. The number of nitrogens with one attached hydrogen (secondary N) is 1. The molecule has 2 heteroatoms. The summed E-state index contributed by atoms with van der Waals surface area (Å²) < 4.78 is 5.55. The normalized spacial score (nSPS) is 14.6. The summed E-state index contributed by atoms with van der Waals surface area (Å²) >= 11 is 0. The maximum Gasteiger partial charge on any atom is 0.0671 e. The molecule has 102 valence electrons. The molecule has 1 aromatic rings. The molecule has 2 atom stereocenters. The van der Waals surface area contributed by atoms with E-state index in [-0.39, 0.29) is 6.10 Å². The number of aryl methyl sites for hydroxylation is 3. The average molecular weight is 249 g/mol. The predicted molar refractivity (Wildman–Crippen MR) is 78.2 cm³/mol. The maximum absolute atomic E-state index is 5.55. The molecule has 18 heavy (non-hydrogen) atoms. The fourth-order valence-electron chi connectivity index (χ4n) is 2.66. The Labute approximate surface area is 112 Å². The molecule has 1 aromatic carbocycles. The van der Waals surface area contributed by atoms with E-state index in [1.165, 1.54) is 22.3 Å². The molecule has 0 bridgehead atoms. The summed E-state index contributed by atoms with van der Waals surface area (Å²) in [5, 5.41) is 3.56. The van der Waals surface area contributed by atoms with Gasteiger partial charge >= 0.3 is 0 Å². The molecule has 1 rings (SSSR count). The van der Waals surface area contributed by atoms with Crippen molar-refractivity contribution in [3.8, 4) is 0 Å². The Morgan fingerprint density at radius 2 is 1.67 bits per heavy atom. The third-order valence-electron chi connectivity index (χ3n) is 3.33. The molecule has 0 spiro atoms. The Morgan fingerprint density at radius 1 is 1.11 bits per heavy atom. The molecule has 0 aliphatic carbocycles. The van der Waals surface area contributed by atoms with E-state index in [1.54, 1.807) is 0 Å². The van der Waals surface area contributed by atoms with Crippen molar-refractivity contribution in [2.24, 2.45) is 0 Å². The van der Waals surface area contributed by atoms with Crippen LogP contribution in [-0.2, 0) is 4.74 Å². The van der Waals surface area contributed by atoms with Crippen molar-refractivity contribution in [2.75, 3.05) is 13.2 Å². The van der Waals surface area contributed by atoms with Crippen LogP contribution < -0.4 is 5.32 Å². The zero-order chi connectivity index (χ0) is 13.7. The molecular weight excluding hydrogens is 222 g/mol. The molecule has 0 saturated heterocycles. The van der Waals surface area contributed by atoms with Crippen LogP contribution >= 0.6 is 0 Å². The molecule has 2 nitrogen and oxygen atoms in total. The molecular formula is C16H27NO. The summed E-state index contributed by atoms with van der Waals surface area (Å²) in [4.78, 5) is 0. The van der Waals surface area contributed by atoms with Gasteiger partial charge in [-0.2, -0.15) is 0 Å². The summed E-state index contributed by atoms with van der Waals surface area (Å²) in [6.45, 7) is 14.6. The van der Waals surface area contributed by atoms with Crippen molar-refractivity contribution in [3.63, 3.8) is 0 Å². The van der Waals surface area contributed by atoms with E-state index in [0.717, 1.165) is 13.2 Å². The van der Waals surface area contributed by atoms with Gasteiger partial charge < -0.3 is 10.1 Å². The number of rotatable bonds is 6. The molecule has 0 amide bonds. The molecule has 2 unspecified atom stereocenters. The first-order valence-corrected chi connectivity index (χ1v) is 6.88. The summed E-state index contributed by atoms with van der Waals surface area (Å²) in [5.74, 6) is 0. The molecule has 1 N–H and O–H groups in total. The highest BCUT2D eigenvalue weighted by molar-refractivity contribution is 5.39. The lowest BCUT2D eigenvalue weighted by molar-refractivity contribution is 0.0743. The van der Waals surface area contributed by atoms with Gasteiger partial charge in [-0.05, 0) is 58.2 Å². The lowest BCUT2D eigenvalue weighted by atomic mass is 9.95. The van der Waals surface area contributed by atoms with Gasteiger partial charge in [0.25, 0.3) is 0 Å². The minimum Gasteiger partial charge on any atom is -0.377 e. The first kappa shape index (κ1) is 15.2. The van der Waals surface area contributed by atoms with Gasteiger partial charge in [-0.1, -0.05) is 17.7 Å². The minimum atomic E-state index is 0.267. The summed E-state index contributed by atoms with van der Waals surface area (Å²) in [6.07, 6.45) is 0.267. The molecule has 0 saturated carbocycles. The Hall–Kier alpha value is -0.860. The van der Waals surface area contributed by atoms with Gasteiger partial charge in [-0.15, -0.1) is 0 Å². The smallest absolute Gasteiger partial charge is 0.0671 e. The molecule has 0 radical (unpaired) electrons. The lowest BCUT2D eigenvalue weighted by Gasteiger charge is -2.22. The summed E-state index contributed by atoms with van der Waals surface area (Å²) in [5.41, 5.74) is 5.50. The van der Waals surface area contributed by atoms with Gasteiger partial charge in [0.15, 0.2) is 0 Å². The fourth-order valence-corrected chi connectivity index (χ4v) is 2.66. The minimum absolute atomic E-state index is 0.267. The molecule has 0 heterocycles. The second kappa shape index (κ2) is 6.91. The van der Waals surface area contributed by atoms with E-state index in [0.29, 0.717) is 6.04 Å². The Kier molecular flexibility index (Phi) is 5.83. The Morgan fingerprint density at radius 3 is 2.17 bits per heavy atom. The zero-order valence-electron chi connectivity index (χ0n) is 12.6. The largest absolute Gasteiger partial charge is 0.377 e. The van der Waals surface area contributed by atoms with E-state index in [4.69, 9.17) is 4.74 Å². The highest BCUT2D eigenvalue weighted by Crippen LogP contribution is 2.23. The first-order chi connectivity index (χ1) is 8.45. The van der Waals surface area contributed by atoms with Crippen LogP contribution in [0, 0.1) is 20.8 Å². The number of benzene rings is 1. The van der Waals surface area contributed by atoms with Gasteiger partial charge in [0, 0.05) is 19.2 Å². The van der Waals surface area contributed by atoms with Crippen LogP contribution in [0.2, 0.25) is 0 Å². The van der Waals surface area contributed by atoms with Crippen LogP contribution in [-0.4, -0.2) is 19.3 Å². The van der Waals surface area contributed by atoms with Crippen LogP contribution in [0.4, 0.5) is 0 Å². The van der Waals surface area contributed by atoms with Crippen molar-refractivity contribution < 1.29 is 4.74 Å². The highest BCUT2D eigenvalue weighted by Gasteiger charge is 2.12. The monoisotopic (exact) mass is 249 g/mol. The highest BCUT2D eigenvalue weighted by atomic mass is 16.5. The standard InChI is InChI=1S/C16H27NO/c1-7-18-14(5)10-17-15(6)16-12(3)8-11(2)9-13(16)4/h8-9,14-15,17H,7,10H2,1-6H3. The third-order valence-corrected chi connectivity index (χ3v) is 3.33. The average Bonchev–Trinajstić information content (AvgIpc) is 2.25. The SMILES string of the molecule is CCOC(C)CNC(C)c1c(C)cc(C)cc1C. The molecule has 0 aliphatic heterocycles. The first-order valence-electron chi connectivity index (χ1n) is 6.88. The lowest BCUT2D eigenvalue weighted by Crippen LogP contribution is -2.29. The van der Waals surface area contributed by atoms with E-state index in [2.05, 4.69) is 52.1 Å².